The molecule has 298 valence electrons. The Balaban J connectivity index is 1.28. The predicted octanol–water partition coefficient (Wildman–Crippen LogP) is 1.41. The van der Waals surface area contributed by atoms with Crippen LogP contribution in [0.2, 0.25) is 0 Å². The first-order chi connectivity index (χ1) is 23.7. The first-order valence-corrected chi connectivity index (χ1v) is 20.3. The van der Waals surface area contributed by atoms with E-state index in [0.717, 1.165) is 12.8 Å². The van der Waals surface area contributed by atoms with E-state index in [-0.39, 0.29) is 55.6 Å². The standard InChI is InChI=1S/C36H64O14S/c1-18(2)20(11-14-48-33-30(42)28(40)31(49-33)24(17-37)47-6)8-7-19(3)26-27(39)29(41)32-35(26,5)13-10-25-34(4)12-9-21(38)15-22(34)23(16-36(25,32)43)50-51(44,45)46/h18-33,37-43H,7-17H2,1-6H3,(H,44,45,46)/t19-,20-,21+,22?,23+,24-,25?,26+,27-,28?,29?,30?,31?,32?,33?,34+,35-,36+/m1/s1. The quantitative estimate of drug-likeness (QED) is 0.117. The molecule has 0 spiro atoms. The fourth-order valence-electron chi connectivity index (χ4n) is 12.0. The second kappa shape index (κ2) is 15.5. The van der Waals surface area contributed by atoms with Gasteiger partial charge in [0, 0.05) is 19.4 Å². The summed E-state index contributed by atoms with van der Waals surface area (Å²) in [7, 11) is -3.49. The summed E-state index contributed by atoms with van der Waals surface area (Å²) < 4.78 is 55.7. The molecule has 8 N–H and O–H groups in total. The van der Waals surface area contributed by atoms with Gasteiger partial charge in [-0.3, -0.25) is 4.55 Å². The Morgan fingerprint density at radius 2 is 1.57 bits per heavy atom. The van der Waals surface area contributed by atoms with Gasteiger partial charge >= 0.3 is 10.4 Å². The Bertz CT molecular complexity index is 1280. The van der Waals surface area contributed by atoms with Crippen LogP contribution in [0.4, 0.5) is 0 Å². The highest BCUT2D eigenvalue weighted by Crippen LogP contribution is 2.70. The summed E-state index contributed by atoms with van der Waals surface area (Å²) in [4.78, 5) is 0. The van der Waals surface area contributed by atoms with Gasteiger partial charge in [-0.1, -0.05) is 41.0 Å². The second-order valence-corrected chi connectivity index (χ2v) is 18.6. The van der Waals surface area contributed by atoms with Crippen molar-refractivity contribution >= 4 is 10.4 Å². The molecule has 5 fully saturated rings. The summed E-state index contributed by atoms with van der Waals surface area (Å²) in [6.07, 6.45) is -4.90. The lowest BCUT2D eigenvalue weighted by molar-refractivity contribution is -0.260. The minimum absolute atomic E-state index is 0.0473. The van der Waals surface area contributed by atoms with Crippen LogP contribution in [-0.2, 0) is 28.8 Å². The molecule has 5 aliphatic rings. The topological polar surface area (TPSA) is 233 Å². The molecular formula is C36H64O14S. The monoisotopic (exact) mass is 752 g/mol. The molecule has 1 aliphatic heterocycles. The van der Waals surface area contributed by atoms with Crippen molar-refractivity contribution in [2.45, 2.75) is 153 Å². The molecule has 0 aromatic rings. The summed E-state index contributed by atoms with van der Waals surface area (Å²) in [5, 5.41) is 77.3. The van der Waals surface area contributed by atoms with Crippen LogP contribution >= 0.6 is 0 Å². The van der Waals surface area contributed by atoms with Crippen molar-refractivity contribution < 1.29 is 67.1 Å². The Morgan fingerprint density at radius 3 is 2.18 bits per heavy atom. The lowest BCUT2D eigenvalue weighted by Crippen LogP contribution is -2.69. The van der Waals surface area contributed by atoms with Crippen molar-refractivity contribution in [3.63, 3.8) is 0 Å². The van der Waals surface area contributed by atoms with E-state index in [1.807, 2.05) is 13.8 Å². The number of aliphatic hydroxyl groups is 7. The van der Waals surface area contributed by atoms with Crippen LogP contribution in [0.3, 0.4) is 0 Å². The number of rotatable bonds is 14. The van der Waals surface area contributed by atoms with Crippen molar-refractivity contribution in [1.29, 1.82) is 0 Å². The summed E-state index contributed by atoms with van der Waals surface area (Å²) in [6, 6.07) is 0. The normalized spacial score (nSPS) is 47.4. The highest BCUT2D eigenvalue weighted by atomic mass is 32.3. The van der Waals surface area contributed by atoms with E-state index >= 15 is 0 Å². The minimum atomic E-state index is -4.88. The zero-order valence-corrected chi connectivity index (χ0v) is 31.8. The molecule has 15 heteroatoms. The van der Waals surface area contributed by atoms with E-state index in [1.54, 1.807) is 0 Å². The van der Waals surface area contributed by atoms with Crippen molar-refractivity contribution in [2.24, 2.45) is 52.3 Å². The van der Waals surface area contributed by atoms with Gasteiger partial charge in [-0.2, -0.15) is 8.42 Å². The summed E-state index contributed by atoms with van der Waals surface area (Å²) in [6.45, 7) is 10.2. The molecule has 0 radical (unpaired) electrons. The molecule has 5 rings (SSSR count). The second-order valence-electron chi connectivity index (χ2n) is 17.5. The van der Waals surface area contributed by atoms with Gasteiger partial charge in [0.25, 0.3) is 0 Å². The van der Waals surface area contributed by atoms with Gasteiger partial charge in [-0.05, 0) is 91.3 Å². The molecule has 4 aliphatic carbocycles. The Kier molecular flexibility index (Phi) is 12.7. The van der Waals surface area contributed by atoms with Crippen LogP contribution in [0.5, 0.6) is 0 Å². The highest BCUT2D eigenvalue weighted by molar-refractivity contribution is 7.80. The van der Waals surface area contributed by atoms with Crippen molar-refractivity contribution in [3.05, 3.63) is 0 Å². The molecule has 51 heavy (non-hydrogen) atoms. The summed E-state index contributed by atoms with van der Waals surface area (Å²) >= 11 is 0. The fourth-order valence-corrected chi connectivity index (χ4v) is 12.5. The SMILES string of the molecule is CO[C@H](CO)C1OC(OCC[C@@H](CC[C@@H](C)[C@H]2[C@@H](O)C(O)C3[C@]4(O)C[C@H](OS(=O)(=O)O)C5C[C@@H](O)CC[C@]5(C)C4CC[C@@]32C)C(C)C)C(O)C1O. The zero-order valence-electron chi connectivity index (χ0n) is 31.0. The first kappa shape index (κ1) is 41.6. The van der Waals surface area contributed by atoms with Crippen LogP contribution in [0, 0.1) is 52.3 Å². The largest absolute Gasteiger partial charge is 0.397 e. The molecule has 4 saturated carbocycles. The van der Waals surface area contributed by atoms with Crippen molar-refractivity contribution in [2.75, 3.05) is 20.3 Å². The predicted molar refractivity (Wildman–Crippen MR) is 183 cm³/mol. The Labute approximate surface area is 302 Å². The van der Waals surface area contributed by atoms with Crippen LogP contribution < -0.4 is 0 Å². The molecule has 1 heterocycles. The molecule has 0 amide bonds. The molecule has 8 unspecified atom stereocenters. The maximum Gasteiger partial charge on any atom is 0.397 e. The van der Waals surface area contributed by atoms with E-state index in [9.17, 15) is 48.7 Å². The van der Waals surface area contributed by atoms with Gasteiger partial charge in [0.2, 0.25) is 0 Å². The van der Waals surface area contributed by atoms with E-state index in [1.165, 1.54) is 7.11 Å². The van der Waals surface area contributed by atoms with Gasteiger partial charge in [0.1, 0.15) is 24.4 Å². The third kappa shape index (κ3) is 7.68. The number of hydrogen-bond donors (Lipinski definition) is 8. The average Bonchev–Trinajstić information content (AvgIpc) is 3.43. The van der Waals surface area contributed by atoms with Crippen LogP contribution in [-0.4, -0.2) is 130 Å². The van der Waals surface area contributed by atoms with Gasteiger partial charge in [0.05, 0.1) is 43.2 Å². The third-order valence-corrected chi connectivity index (χ3v) is 15.0. The lowest BCUT2D eigenvalue weighted by Gasteiger charge is -2.66. The van der Waals surface area contributed by atoms with Crippen LogP contribution in [0.1, 0.15) is 92.4 Å². The van der Waals surface area contributed by atoms with Gasteiger partial charge in [-0.15, -0.1) is 0 Å². The lowest BCUT2D eigenvalue weighted by atomic mass is 9.42. The maximum absolute atomic E-state index is 12.8. The van der Waals surface area contributed by atoms with E-state index in [4.69, 9.17) is 18.4 Å². The Morgan fingerprint density at radius 1 is 0.902 bits per heavy atom. The Hall–Kier alpha value is -0.530. The van der Waals surface area contributed by atoms with Gasteiger partial charge < -0.3 is 50.0 Å². The molecule has 0 bridgehead atoms. The average molecular weight is 753 g/mol. The third-order valence-electron chi connectivity index (χ3n) is 14.5. The zero-order chi connectivity index (χ0) is 37.8. The van der Waals surface area contributed by atoms with E-state index in [0.29, 0.717) is 32.1 Å². The van der Waals surface area contributed by atoms with Gasteiger partial charge in [0.15, 0.2) is 6.29 Å². The summed E-state index contributed by atoms with van der Waals surface area (Å²) in [5.41, 5.74) is -2.88. The van der Waals surface area contributed by atoms with Crippen molar-refractivity contribution in [3.8, 4) is 0 Å². The number of hydrogen-bond acceptors (Lipinski definition) is 13. The highest BCUT2D eigenvalue weighted by Gasteiger charge is 2.73. The van der Waals surface area contributed by atoms with Gasteiger partial charge in [-0.25, -0.2) is 4.18 Å². The fraction of sp³-hybridized carbons (Fsp3) is 1.00. The van der Waals surface area contributed by atoms with E-state index in [2.05, 4.69) is 20.8 Å². The van der Waals surface area contributed by atoms with Crippen LogP contribution in [0.15, 0.2) is 0 Å². The van der Waals surface area contributed by atoms with Crippen molar-refractivity contribution in [1.82, 2.24) is 0 Å². The first-order valence-electron chi connectivity index (χ1n) is 18.9. The number of aliphatic hydroxyl groups excluding tert-OH is 6. The summed E-state index contributed by atoms with van der Waals surface area (Å²) in [5.74, 6) is -1.43. The van der Waals surface area contributed by atoms with Crippen LogP contribution in [0.25, 0.3) is 0 Å². The molecule has 0 aromatic heterocycles. The molecule has 0 aromatic carbocycles. The molecule has 18 atom stereocenters. The maximum atomic E-state index is 12.8. The number of ether oxygens (including phenoxy) is 3. The molecule has 1 saturated heterocycles. The molecular weight excluding hydrogens is 688 g/mol. The minimum Gasteiger partial charge on any atom is -0.394 e. The number of fused-ring (bicyclic) bond motifs is 5. The smallest absolute Gasteiger partial charge is 0.394 e. The molecule has 14 nitrogen and oxygen atoms in total. The number of methoxy groups -OCH3 is 1. The van der Waals surface area contributed by atoms with E-state index < -0.39 is 93.8 Å².